The summed E-state index contributed by atoms with van der Waals surface area (Å²) in [5.74, 6) is 1.45. The molecule has 21 heavy (non-hydrogen) atoms. The maximum atomic E-state index is 6.16. The molecule has 4 nitrogen and oxygen atoms in total. The van der Waals surface area contributed by atoms with Crippen LogP contribution in [0.15, 0.2) is 0 Å². The Morgan fingerprint density at radius 3 is 2.57 bits per heavy atom. The van der Waals surface area contributed by atoms with E-state index in [4.69, 9.17) is 16.6 Å². The lowest BCUT2D eigenvalue weighted by atomic mass is 9.75. The van der Waals surface area contributed by atoms with Crippen molar-refractivity contribution in [3.63, 3.8) is 0 Å². The third-order valence-electron chi connectivity index (χ3n) is 4.93. The van der Waals surface area contributed by atoms with Gasteiger partial charge in [-0.2, -0.15) is 5.10 Å². The number of alkyl halides is 1. The summed E-state index contributed by atoms with van der Waals surface area (Å²) in [6.07, 6.45) is 7.57. The Bertz CT molecular complexity index is 634. The molecular weight excluding hydrogens is 284 g/mol. The van der Waals surface area contributed by atoms with Crippen molar-refractivity contribution in [3.8, 4) is 0 Å². The smallest absolute Gasteiger partial charge is 0.158 e. The van der Waals surface area contributed by atoms with Crippen LogP contribution < -0.4 is 0 Å². The first-order chi connectivity index (χ1) is 10.1. The number of hydrogen-bond donors (Lipinski definition) is 0. The molecule has 0 amide bonds. The van der Waals surface area contributed by atoms with Crippen LogP contribution in [0.1, 0.15) is 57.5 Å². The number of fused-ring (bicyclic) bond motifs is 1. The molecule has 0 saturated heterocycles. The standard InChI is InChI=1S/C16H25ClN4/c1-4-12-14-15(20(3)19-12)21(13(10-17)18-14)11-16(2)8-6-5-7-9-16/h4-11H2,1-3H3. The number of nitrogens with zero attached hydrogens (tertiary/aromatic N) is 4. The van der Waals surface area contributed by atoms with E-state index in [1.807, 2.05) is 11.7 Å². The highest BCUT2D eigenvalue weighted by Crippen LogP contribution is 2.38. The van der Waals surface area contributed by atoms with Gasteiger partial charge in [0.05, 0.1) is 11.6 Å². The van der Waals surface area contributed by atoms with Crippen molar-refractivity contribution in [2.24, 2.45) is 12.5 Å². The average Bonchev–Trinajstić information content (AvgIpc) is 2.97. The maximum Gasteiger partial charge on any atom is 0.158 e. The first-order valence-corrected chi connectivity index (χ1v) is 8.58. The van der Waals surface area contributed by atoms with Crippen molar-refractivity contribution < 1.29 is 0 Å². The van der Waals surface area contributed by atoms with Crippen LogP contribution in [0, 0.1) is 5.41 Å². The van der Waals surface area contributed by atoms with Gasteiger partial charge in [0.25, 0.3) is 0 Å². The topological polar surface area (TPSA) is 35.6 Å². The lowest BCUT2D eigenvalue weighted by Crippen LogP contribution is -2.27. The highest BCUT2D eigenvalue weighted by atomic mass is 35.5. The zero-order valence-electron chi connectivity index (χ0n) is 13.3. The molecule has 0 unspecified atom stereocenters. The SMILES string of the molecule is CCc1nn(C)c2c1nc(CCl)n2CC1(C)CCCCC1. The van der Waals surface area contributed by atoms with Crippen LogP contribution in [0.5, 0.6) is 0 Å². The number of aromatic nitrogens is 4. The highest BCUT2D eigenvalue weighted by molar-refractivity contribution is 6.16. The Balaban J connectivity index is 2.05. The quantitative estimate of drug-likeness (QED) is 0.799. The average molecular weight is 309 g/mol. The fourth-order valence-electron chi connectivity index (χ4n) is 3.74. The minimum Gasteiger partial charge on any atom is -0.311 e. The van der Waals surface area contributed by atoms with Gasteiger partial charge in [-0.3, -0.25) is 4.68 Å². The molecule has 0 atom stereocenters. The molecule has 0 N–H and O–H groups in total. The molecule has 3 rings (SSSR count). The molecular formula is C16H25ClN4. The molecule has 0 bridgehead atoms. The van der Waals surface area contributed by atoms with Crippen LogP contribution in [0.2, 0.25) is 0 Å². The molecule has 2 heterocycles. The zero-order valence-corrected chi connectivity index (χ0v) is 14.1. The van der Waals surface area contributed by atoms with E-state index in [2.05, 4.69) is 23.5 Å². The Morgan fingerprint density at radius 2 is 1.95 bits per heavy atom. The molecule has 0 aliphatic heterocycles. The molecule has 1 saturated carbocycles. The predicted molar refractivity (Wildman–Crippen MR) is 86.6 cm³/mol. The van der Waals surface area contributed by atoms with Crippen molar-refractivity contribution in [1.29, 1.82) is 0 Å². The molecule has 2 aromatic heterocycles. The van der Waals surface area contributed by atoms with E-state index in [9.17, 15) is 0 Å². The molecule has 116 valence electrons. The van der Waals surface area contributed by atoms with Crippen LogP contribution in [0.25, 0.3) is 11.2 Å². The lowest BCUT2D eigenvalue weighted by molar-refractivity contribution is 0.183. The first-order valence-electron chi connectivity index (χ1n) is 8.05. The summed E-state index contributed by atoms with van der Waals surface area (Å²) in [6.45, 7) is 5.55. The molecule has 0 aromatic carbocycles. The largest absolute Gasteiger partial charge is 0.311 e. The Kier molecular flexibility index (Phi) is 4.00. The fraction of sp³-hybridized carbons (Fsp3) is 0.750. The zero-order chi connectivity index (χ0) is 15.0. The Morgan fingerprint density at radius 1 is 1.24 bits per heavy atom. The summed E-state index contributed by atoms with van der Waals surface area (Å²) in [7, 11) is 2.01. The predicted octanol–water partition coefficient (Wildman–Crippen LogP) is 4.04. The van der Waals surface area contributed by atoms with Crippen LogP contribution in [-0.2, 0) is 25.9 Å². The van der Waals surface area contributed by atoms with Gasteiger partial charge in [-0.15, -0.1) is 11.6 Å². The van der Waals surface area contributed by atoms with Crippen LogP contribution in [0.4, 0.5) is 0 Å². The van der Waals surface area contributed by atoms with Gasteiger partial charge < -0.3 is 4.57 Å². The van der Waals surface area contributed by atoms with Crippen molar-refractivity contribution in [2.45, 2.75) is 64.8 Å². The summed E-state index contributed by atoms with van der Waals surface area (Å²) < 4.78 is 4.29. The second kappa shape index (κ2) is 5.64. The molecule has 0 radical (unpaired) electrons. The van der Waals surface area contributed by atoms with Gasteiger partial charge in [0.2, 0.25) is 0 Å². The van der Waals surface area contributed by atoms with E-state index in [-0.39, 0.29) is 0 Å². The molecule has 1 aliphatic carbocycles. The lowest BCUT2D eigenvalue weighted by Gasteiger charge is -2.34. The molecule has 2 aromatic rings. The van der Waals surface area contributed by atoms with Crippen molar-refractivity contribution in [1.82, 2.24) is 19.3 Å². The normalized spacial score (nSPS) is 18.5. The number of rotatable bonds is 4. The number of hydrogen-bond acceptors (Lipinski definition) is 2. The molecule has 1 aliphatic rings. The third-order valence-corrected chi connectivity index (χ3v) is 5.16. The van der Waals surface area contributed by atoms with Gasteiger partial charge >= 0.3 is 0 Å². The maximum absolute atomic E-state index is 6.16. The summed E-state index contributed by atoms with van der Waals surface area (Å²) >= 11 is 6.16. The second-order valence-electron chi connectivity index (χ2n) is 6.72. The van der Waals surface area contributed by atoms with E-state index in [0.29, 0.717) is 11.3 Å². The molecule has 5 heteroatoms. The van der Waals surface area contributed by atoms with Gasteiger partial charge in [0.15, 0.2) is 5.65 Å². The number of halogens is 1. The number of imidazole rings is 1. The summed E-state index contributed by atoms with van der Waals surface area (Å²) in [5.41, 5.74) is 3.61. The van der Waals surface area contributed by atoms with Crippen molar-refractivity contribution in [2.75, 3.05) is 0 Å². The Labute approximate surface area is 131 Å². The van der Waals surface area contributed by atoms with E-state index in [1.54, 1.807) is 0 Å². The van der Waals surface area contributed by atoms with Gasteiger partial charge in [-0.25, -0.2) is 4.98 Å². The van der Waals surface area contributed by atoms with E-state index in [1.165, 1.54) is 32.1 Å². The van der Waals surface area contributed by atoms with Gasteiger partial charge in [-0.1, -0.05) is 33.1 Å². The monoisotopic (exact) mass is 308 g/mol. The van der Waals surface area contributed by atoms with Gasteiger partial charge in [0.1, 0.15) is 11.3 Å². The minimum absolute atomic E-state index is 0.364. The summed E-state index contributed by atoms with van der Waals surface area (Å²) in [6, 6.07) is 0. The Hall–Kier alpha value is -1.03. The summed E-state index contributed by atoms with van der Waals surface area (Å²) in [4.78, 5) is 4.77. The molecule has 0 spiro atoms. The van der Waals surface area contributed by atoms with Crippen molar-refractivity contribution in [3.05, 3.63) is 11.5 Å². The second-order valence-corrected chi connectivity index (χ2v) is 6.98. The van der Waals surface area contributed by atoms with E-state index < -0.39 is 0 Å². The number of aryl methyl sites for hydroxylation is 2. The van der Waals surface area contributed by atoms with Crippen molar-refractivity contribution >= 4 is 22.8 Å². The third kappa shape index (κ3) is 2.59. The van der Waals surface area contributed by atoms with Gasteiger partial charge in [-0.05, 0) is 24.7 Å². The first kappa shape index (κ1) is 14.9. The fourth-order valence-corrected chi connectivity index (χ4v) is 3.94. The minimum atomic E-state index is 0.364. The van der Waals surface area contributed by atoms with Crippen LogP contribution in [-0.4, -0.2) is 19.3 Å². The van der Waals surface area contributed by atoms with Gasteiger partial charge in [0, 0.05) is 13.6 Å². The van der Waals surface area contributed by atoms with E-state index in [0.717, 1.165) is 35.6 Å². The summed E-state index contributed by atoms with van der Waals surface area (Å²) in [5, 5.41) is 4.61. The van der Waals surface area contributed by atoms with Crippen LogP contribution in [0.3, 0.4) is 0 Å². The van der Waals surface area contributed by atoms with Crippen LogP contribution >= 0.6 is 11.6 Å². The molecule has 1 fully saturated rings. The highest BCUT2D eigenvalue weighted by Gasteiger charge is 2.30. The van der Waals surface area contributed by atoms with E-state index >= 15 is 0 Å².